The van der Waals surface area contributed by atoms with Crippen molar-refractivity contribution in [1.29, 1.82) is 0 Å². The monoisotopic (exact) mass is 478 g/mol. The van der Waals surface area contributed by atoms with Crippen LogP contribution in [0.4, 0.5) is 0 Å². The molecule has 2 N–H and O–H groups in total. The third-order valence-electron chi connectivity index (χ3n) is 9.31. The third-order valence-corrected chi connectivity index (χ3v) is 9.31. The summed E-state index contributed by atoms with van der Waals surface area (Å²) in [4.78, 5) is 35.2. The van der Waals surface area contributed by atoms with Gasteiger partial charge >= 0.3 is 0 Å². The fourth-order valence-electron chi connectivity index (χ4n) is 6.91. The first kappa shape index (κ1) is 24.4. The number of hydrogen-bond donors (Lipinski definition) is 2. The molecule has 1 aromatic heterocycles. The molecule has 0 unspecified atom stereocenters. The fraction of sp³-hybridized carbons (Fsp3) is 0.655. The van der Waals surface area contributed by atoms with Crippen molar-refractivity contribution in [2.45, 2.75) is 70.3 Å². The van der Waals surface area contributed by atoms with Crippen LogP contribution < -0.4 is 5.32 Å². The van der Waals surface area contributed by atoms with Gasteiger partial charge < -0.3 is 20.1 Å². The second-order valence-electron chi connectivity index (χ2n) is 11.5. The molecule has 6 heteroatoms. The van der Waals surface area contributed by atoms with E-state index in [4.69, 9.17) is 0 Å². The van der Waals surface area contributed by atoms with Crippen molar-refractivity contribution in [2.24, 2.45) is 17.8 Å². The number of nitrogens with one attached hydrogen (secondary N) is 2. The van der Waals surface area contributed by atoms with Crippen LogP contribution in [0.1, 0.15) is 75.1 Å². The van der Waals surface area contributed by atoms with Crippen LogP contribution in [0.5, 0.6) is 0 Å². The molecule has 6 nitrogen and oxygen atoms in total. The Hall–Kier alpha value is -2.34. The minimum atomic E-state index is -0.859. The van der Waals surface area contributed by atoms with Gasteiger partial charge in [-0.05, 0) is 107 Å². The van der Waals surface area contributed by atoms with Crippen molar-refractivity contribution in [3.63, 3.8) is 0 Å². The second-order valence-corrected chi connectivity index (χ2v) is 11.5. The van der Waals surface area contributed by atoms with Crippen molar-refractivity contribution < 1.29 is 9.59 Å². The topological polar surface area (TPSA) is 68.4 Å². The first-order valence-corrected chi connectivity index (χ1v) is 13.8. The maximum absolute atomic E-state index is 14.1. The molecule has 2 aromatic rings. The summed E-state index contributed by atoms with van der Waals surface area (Å²) in [6.45, 7) is 6.04. The summed E-state index contributed by atoms with van der Waals surface area (Å²) in [7, 11) is 2.22. The number of aromatic amines is 1. The summed E-state index contributed by atoms with van der Waals surface area (Å²) in [6, 6.07) is 7.73. The van der Waals surface area contributed by atoms with Gasteiger partial charge in [0, 0.05) is 30.4 Å². The van der Waals surface area contributed by atoms with Gasteiger partial charge in [0.15, 0.2) is 0 Å². The standard InChI is InChI=1S/C29H42N4O2/c1-29(25-6-4-3-5-7-25,31-27(34)24-9-8-23-10-15-30-26(23)20-24)28(35)33-18-13-22(14-19-33)21-11-16-32(2)17-12-21/h8-10,15,20-22,25,30H,3-7,11-14,16-19H2,1-2H3,(H,31,34)/t29-/m0/s1. The van der Waals surface area contributed by atoms with Gasteiger partial charge in [-0.3, -0.25) is 9.59 Å². The van der Waals surface area contributed by atoms with E-state index in [0.29, 0.717) is 5.56 Å². The molecule has 1 atom stereocenters. The number of amides is 2. The van der Waals surface area contributed by atoms with E-state index in [0.717, 1.165) is 74.4 Å². The molecule has 3 heterocycles. The Kier molecular flexibility index (Phi) is 7.19. The number of fused-ring (bicyclic) bond motifs is 1. The van der Waals surface area contributed by atoms with Crippen molar-refractivity contribution >= 4 is 22.7 Å². The lowest BCUT2D eigenvalue weighted by Crippen LogP contribution is -2.63. The molecule has 2 saturated heterocycles. The van der Waals surface area contributed by atoms with Crippen LogP contribution in [0.25, 0.3) is 10.9 Å². The summed E-state index contributed by atoms with van der Waals surface area (Å²) in [5.41, 5.74) is 0.692. The quantitative estimate of drug-likeness (QED) is 0.648. The number of carbonyl (C=O) groups is 2. The molecule has 0 spiro atoms. The zero-order valence-electron chi connectivity index (χ0n) is 21.5. The Labute approximate surface area is 209 Å². The molecule has 0 bridgehead atoms. The number of likely N-dealkylation sites (tertiary alicyclic amines) is 2. The zero-order valence-corrected chi connectivity index (χ0v) is 21.5. The highest BCUT2D eigenvalue weighted by Crippen LogP contribution is 2.37. The average Bonchev–Trinajstić information content (AvgIpc) is 3.37. The summed E-state index contributed by atoms with van der Waals surface area (Å²) < 4.78 is 0. The van der Waals surface area contributed by atoms with Crippen LogP contribution in [0.2, 0.25) is 0 Å². The largest absolute Gasteiger partial charge is 0.361 e. The van der Waals surface area contributed by atoms with E-state index >= 15 is 0 Å². The lowest BCUT2D eigenvalue weighted by atomic mass is 9.73. The molecule has 3 aliphatic rings. The highest BCUT2D eigenvalue weighted by molar-refractivity contribution is 6.01. The SMILES string of the molecule is CN1CCC(C2CCN(C(=O)[C@@](C)(NC(=O)c3ccc4cc[nH]c4c3)C3CCCCC3)CC2)CC1. The molecular formula is C29H42N4O2. The molecule has 190 valence electrons. The van der Waals surface area contributed by atoms with Crippen LogP contribution >= 0.6 is 0 Å². The third kappa shape index (κ3) is 5.13. The number of hydrogen-bond acceptors (Lipinski definition) is 3. The maximum Gasteiger partial charge on any atom is 0.252 e. The number of rotatable bonds is 5. The Morgan fingerprint density at radius 2 is 1.57 bits per heavy atom. The van der Waals surface area contributed by atoms with E-state index in [1.807, 2.05) is 37.4 Å². The molecule has 5 rings (SSSR count). The Balaban J connectivity index is 1.29. The smallest absolute Gasteiger partial charge is 0.252 e. The van der Waals surface area contributed by atoms with E-state index in [1.165, 1.54) is 32.4 Å². The molecule has 1 aliphatic carbocycles. The van der Waals surface area contributed by atoms with Crippen LogP contribution in [0.3, 0.4) is 0 Å². The van der Waals surface area contributed by atoms with Crippen LogP contribution in [-0.2, 0) is 4.79 Å². The summed E-state index contributed by atoms with van der Waals surface area (Å²) >= 11 is 0. The molecule has 1 aromatic carbocycles. The normalized spacial score (nSPS) is 23.3. The van der Waals surface area contributed by atoms with Crippen LogP contribution in [0.15, 0.2) is 30.5 Å². The van der Waals surface area contributed by atoms with Crippen LogP contribution in [-0.4, -0.2) is 65.4 Å². The Morgan fingerprint density at radius 1 is 0.914 bits per heavy atom. The van der Waals surface area contributed by atoms with E-state index < -0.39 is 5.54 Å². The van der Waals surface area contributed by atoms with Crippen molar-refractivity contribution in [1.82, 2.24) is 20.1 Å². The first-order valence-electron chi connectivity index (χ1n) is 13.8. The highest BCUT2D eigenvalue weighted by atomic mass is 16.2. The number of piperidine rings is 2. The van der Waals surface area contributed by atoms with Gasteiger partial charge in [0.2, 0.25) is 5.91 Å². The van der Waals surface area contributed by atoms with E-state index in [2.05, 4.69) is 27.1 Å². The minimum Gasteiger partial charge on any atom is -0.361 e. The fourth-order valence-corrected chi connectivity index (χ4v) is 6.91. The summed E-state index contributed by atoms with van der Waals surface area (Å²) in [5, 5.41) is 4.35. The van der Waals surface area contributed by atoms with Crippen molar-refractivity contribution in [3.05, 3.63) is 36.0 Å². The molecule has 35 heavy (non-hydrogen) atoms. The maximum atomic E-state index is 14.1. The van der Waals surface area contributed by atoms with Gasteiger partial charge in [-0.2, -0.15) is 0 Å². The number of aromatic nitrogens is 1. The molecular weight excluding hydrogens is 436 g/mol. The molecule has 0 radical (unpaired) electrons. The molecule has 2 amide bonds. The van der Waals surface area contributed by atoms with Gasteiger partial charge in [-0.25, -0.2) is 0 Å². The van der Waals surface area contributed by atoms with Gasteiger partial charge in [0.1, 0.15) is 5.54 Å². The molecule has 3 fully saturated rings. The molecule has 2 aliphatic heterocycles. The van der Waals surface area contributed by atoms with Crippen molar-refractivity contribution in [2.75, 3.05) is 33.2 Å². The number of benzene rings is 1. The predicted molar refractivity (Wildman–Crippen MR) is 140 cm³/mol. The number of H-pyrrole nitrogens is 1. The lowest BCUT2D eigenvalue weighted by molar-refractivity contribution is -0.142. The van der Waals surface area contributed by atoms with E-state index in [1.54, 1.807) is 0 Å². The van der Waals surface area contributed by atoms with E-state index in [-0.39, 0.29) is 17.7 Å². The van der Waals surface area contributed by atoms with Gasteiger partial charge in [0.05, 0.1) is 0 Å². The van der Waals surface area contributed by atoms with E-state index in [9.17, 15) is 9.59 Å². The highest BCUT2D eigenvalue weighted by Gasteiger charge is 2.46. The summed E-state index contributed by atoms with van der Waals surface area (Å²) in [5.74, 6) is 1.70. The zero-order chi connectivity index (χ0) is 24.4. The van der Waals surface area contributed by atoms with Gasteiger partial charge in [-0.15, -0.1) is 0 Å². The first-order chi connectivity index (χ1) is 16.9. The number of carbonyl (C=O) groups excluding carboxylic acids is 2. The van der Waals surface area contributed by atoms with Gasteiger partial charge in [-0.1, -0.05) is 25.3 Å². The average molecular weight is 479 g/mol. The lowest BCUT2D eigenvalue weighted by Gasteiger charge is -2.45. The van der Waals surface area contributed by atoms with Crippen molar-refractivity contribution in [3.8, 4) is 0 Å². The Bertz CT molecular complexity index is 1030. The Morgan fingerprint density at radius 3 is 2.26 bits per heavy atom. The molecule has 1 saturated carbocycles. The second kappa shape index (κ2) is 10.3. The summed E-state index contributed by atoms with van der Waals surface area (Å²) in [6.07, 6.45) is 12.2. The van der Waals surface area contributed by atoms with Gasteiger partial charge in [0.25, 0.3) is 5.91 Å². The van der Waals surface area contributed by atoms with Crippen LogP contribution in [0, 0.1) is 17.8 Å². The minimum absolute atomic E-state index is 0.125. The number of nitrogens with zero attached hydrogens (tertiary/aromatic N) is 2. The predicted octanol–water partition coefficient (Wildman–Crippen LogP) is 4.82.